The average molecular weight is 259 g/mol. The molecule has 0 saturated heterocycles. The number of aliphatic imine (C=N–C) groups is 1. The number of hydrogen-bond acceptors (Lipinski definition) is 2. The third-order valence-corrected chi connectivity index (χ3v) is 1.87. The van der Waals surface area contributed by atoms with Crippen molar-refractivity contribution in [1.29, 1.82) is 0 Å². The third kappa shape index (κ3) is 3.26. The Hall–Kier alpha value is -1.23. The normalized spacial score (nSPS) is 10.5. The summed E-state index contributed by atoms with van der Waals surface area (Å²) in [5.41, 5.74) is 0.182. The standard InChI is InChI=1S/C9H8BrFN2O/c1-6(14)12-5-13-9-3-2-7(10)4-8(9)11/h2-5H,1H3,(H,12,13,14). The Balaban J connectivity index is 2.76. The second-order valence-electron chi connectivity index (χ2n) is 2.55. The van der Waals surface area contributed by atoms with Gasteiger partial charge in [-0.2, -0.15) is 0 Å². The van der Waals surface area contributed by atoms with Crippen LogP contribution in [0.25, 0.3) is 0 Å². The van der Waals surface area contributed by atoms with Gasteiger partial charge in [0.05, 0.1) is 6.34 Å². The summed E-state index contributed by atoms with van der Waals surface area (Å²) < 4.78 is 13.8. The van der Waals surface area contributed by atoms with Gasteiger partial charge in [-0.25, -0.2) is 9.38 Å². The molecule has 14 heavy (non-hydrogen) atoms. The largest absolute Gasteiger partial charge is 0.317 e. The maximum atomic E-state index is 13.1. The van der Waals surface area contributed by atoms with E-state index in [4.69, 9.17) is 0 Å². The lowest BCUT2D eigenvalue weighted by molar-refractivity contribution is -0.117. The SMILES string of the molecule is CC(=O)NC=Nc1ccc(Br)cc1F. The van der Waals surface area contributed by atoms with Gasteiger partial charge in [-0.1, -0.05) is 15.9 Å². The Morgan fingerprint density at radius 1 is 1.64 bits per heavy atom. The molecule has 0 aliphatic rings. The first kappa shape index (κ1) is 10.8. The van der Waals surface area contributed by atoms with Crippen molar-refractivity contribution in [2.24, 2.45) is 4.99 Å². The second-order valence-corrected chi connectivity index (χ2v) is 3.47. The van der Waals surface area contributed by atoms with E-state index in [1.165, 1.54) is 19.1 Å². The van der Waals surface area contributed by atoms with Gasteiger partial charge < -0.3 is 5.32 Å². The summed E-state index contributed by atoms with van der Waals surface area (Å²) in [4.78, 5) is 14.2. The van der Waals surface area contributed by atoms with E-state index in [2.05, 4.69) is 26.2 Å². The van der Waals surface area contributed by atoms with Crippen LogP contribution in [-0.2, 0) is 4.79 Å². The van der Waals surface area contributed by atoms with Crippen LogP contribution < -0.4 is 5.32 Å². The molecule has 0 bridgehead atoms. The van der Waals surface area contributed by atoms with E-state index in [9.17, 15) is 9.18 Å². The van der Waals surface area contributed by atoms with Gasteiger partial charge >= 0.3 is 0 Å². The summed E-state index contributed by atoms with van der Waals surface area (Å²) in [6.07, 6.45) is 1.16. The molecule has 0 atom stereocenters. The lowest BCUT2D eigenvalue weighted by atomic mass is 10.3. The van der Waals surface area contributed by atoms with Crippen molar-refractivity contribution < 1.29 is 9.18 Å². The molecule has 1 rings (SSSR count). The topological polar surface area (TPSA) is 41.5 Å². The first-order valence-electron chi connectivity index (χ1n) is 3.84. The van der Waals surface area contributed by atoms with Crippen molar-refractivity contribution in [3.8, 4) is 0 Å². The monoisotopic (exact) mass is 258 g/mol. The Morgan fingerprint density at radius 3 is 2.93 bits per heavy atom. The van der Waals surface area contributed by atoms with E-state index < -0.39 is 5.82 Å². The summed E-state index contributed by atoms with van der Waals surface area (Å²) in [6, 6.07) is 4.49. The first-order chi connectivity index (χ1) is 6.59. The number of hydrogen-bond donors (Lipinski definition) is 1. The minimum Gasteiger partial charge on any atom is -0.317 e. The van der Waals surface area contributed by atoms with Crippen molar-refractivity contribution in [1.82, 2.24) is 5.32 Å². The molecular formula is C9H8BrFN2O. The molecular weight excluding hydrogens is 251 g/mol. The van der Waals surface area contributed by atoms with Crippen LogP contribution in [0.4, 0.5) is 10.1 Å². The predicted octanol–water partition coefficient (Wildman–Crippen LogP) is 2.38. The fraction of sp³-hybridized carbons (Fsp3) is 0.111. The molecule has 5 heteroatoms. The number of carbonyl (C=O) groups is 1. The number of carbonyl (C=O) groups excluding carboxylic acids is 1. The van der Waals surface area contributed by atoms with E-state index in [0.29, 0.717) is 4.47 Å². The van der Waals surface area contributed by atoms with Crippen LogP contribution in [0, 0.1) is 5.82 Å². The molecule has 0 saturated carbocycles. The summed E-state index contributed by atoms with van der Waals surface area (Å²) in [6.45, 7) is 1.35. The Kier molecular flexibility index (Phi) is 3.76. The lowest BCUT2D eigenvalue weighted by Gasteiger charge is -1.97. The van der Waals surface area contributed by atoms with Gasteiger partial charge in [-0.3, -0.25) is 4.79 Å². The number of nitrogens with one attached hydrogen (secondary N) is 1. The lowest BCUT2D eigenvalue weighted by Crippen LogP contribution is -2.16. The van der Waals surface area contributed by atoms with Crippen molar-refractivity contribution in [2.75, 3.05) is 0 Å². The molecule has 0 spiro atoms. The highest BCUT2D eigenvalue weighted by Gasteiger charge is 1.99. The zero-order valence-electron chi connectivity index (χ0n) is 7.42. The number of nitrogens with zero attached hydrogens (tertiary/aromatic N) is 1. The predicted molar refractivity (Wildman–Crippen MR) is 56.1 cm³/mol. The van der Waals surface area contributed by atoms with Crippen LogP contribution in [0.2, 0.25) is 0 Å². The van der Waals surface area contributed by atoms with E-state index in [-0.39, 0.29) is 11.6 Å². The Morgan fingerprint density at radius 2 is 2.36 bits per heavy atom. The summed E-state index contributed by atoms with van der Waals surface area (Å²) >= 11 is 3.13. The van der Waals surface area contributed by atoms with Crippen LogP contribution in [0.15, 0.2) is 27.7 Å². The van der Waals surface area contributed by atoms with Crippen LogP contribution in [0.3, 0.4) is 0 Å². The summed E-state index contributed by atoms with van der Waals surface area (Å²) in [5, 5.41) is 2.33. The molecule has 1 amide bonds. The smallest absolute Gasteiger partial charge is 0.221 e. The fourth-order valence-electron chi connectivity index (χ4n) is 0.779. The number of halogens is 2. The van der Waals surface area contributed by atoms with Crippen molar-refractivity contribution >= 4 is 33.9 Å². The second kappa shape index (κ2) is 4.85. The highest BCUT2D eigenvalue weighted by molar-refractivity contribution is 9.10. The van der Waals surface area contributed by atoms with E-state index in [0.717, 1.165) is 6.34 Å². The van der Waals surface area contributed by atoms with Gasteiger partial charge in [-0.15, -0.1) is 0 Å². The third-order valence-electron chi connectivity index (χ3n) is 1.38. The van der Waals surface area contributed by atoms with Gasteiger partial charge in [0.25, 0.3) is 0 Å². The Bertz CT molecular complexity index is 379. The van der Waals surface area contributed by atoms with Gasteiger partial charge in [0.2, 0.25) is 5.91 Å². The molecule has 0 aliphatic carbocycles. The van der Waals surface area contributed by atoms with Crippen molar-refractivity contribution in [3.63, 3.8) is 0 Å². The highest BCUT2D eigenvalue weighted by atomic mass is 79.9. The van der Waals surface area contributed by atoms with E-state index in [1.807, 2.05) is 0 Å². The van der Waals surface area contributed by atoms with Gasteiger partial charge in [0, 0.05) is 11.4 Å². The number of amides is 1. The quantitative estimate of drug-likeness (QED) is 0.643. The van der Waals surface area contributed by atoms with Crippen molar-refractivity contribution in [2.45, 2.75) is 6.92 Å². The van der Waals surface area contributed by atoms with E-state index in [1.54, 1.807) is 6.07 Å². The molecule has 0 radical (unpaired) electrons. The molecule has 74 valence electrons. The molecule has 0 aliphatic heterocycles. The van der Waals surface area contributed by atoms with Crippen LogP contribution in [-0.4, -0.2) is 12.2 Å². The molecule has 3 nitrogen and oxygen atoms in total. The molecule has 1 aromatic rings. The number of rotatable bonds is 2. The Labute approximate surface area is 89.2 Å². The molecule has 0 unspecified atom stereocenters. The van der Waals surface area contributed by atoms with Gasteiger partial charge in [0.15, 0.2) is 0 Å². The zero-order chi connectivity index (χ0) is 10.6. The van der Waals surface area contributed by atoms with Crippen molar-refractivity contribution in [3.05, 3.63) is 28.5 Å². The maximum absolute atomic E-state index is 13.1. The van der Waals surface area contributed by atoms with Crippen LogP contribution >= 0.6 is 15.9 Å². The molecule has 0 fully saturated rings. The first-order valence-corrected chi connectivity index (χ1v) is 4.63. The molecule has 1 aromatic carbocycles. The molecule has 1 N–H and O–H groups in total. The van der Waals surface area contributed by atoms with Gasteiger partial charge in [0.1, 0.15) is 11.5 Å². The summed E-state index contributed by atoms with van der Waals surface area (Å²) in [5.74, 6) is -0.688. The molecule has 0 aromatic heterocycles. The summed E-state index contributed by atoms with van der Waals surface area (Å²) in [7, 11) is 0. The maximum Gasteiger partial charge on any atom is 0.221 e. The molecule has 0 heterocycles. The van der Waals surface area contributed by atoms with Crippen LogP contribution in [0.1, 0.15) is 6.92 Å². The highest BCUT2D eigenvalue weighted by Crippen LogP contribution is 2.21. The fourth-order valence-corrected chi connectivity index (χ4v) is 1.11. The number of benzene rings is 1. The average Bonchev–Trinajstić information content (AvgIpc) is 2.08. The minimum atomic E-state index is -0.444. The zero-order valence-corrected chi connectivity index (χ0v) is 9.01. The van der Waals surface area contributed by atoms with Crippen LogP contribution in [0.5, 0.6) is 0 Å². The van der Waals surface area contributed by atoms with E-state index >= 15 is 0 Å². The van der Waals surface area contributed by atoms with Gasteiger partial charge in [-0.05, 0) is 18.2 Å². The minimum absolute atomic E-state index is 0.182.